The summed E-state index contributed by atoms with van der Waals surface area (Å²) in [5.74, 6) is -1.18. The molecule has 170 valence electrons. The van der Waals surface area contributed by atoms with Crippen LogP contribution in [0.2, 0.25) is 0 Å². The number of fused-ring (bicyclic) bond motifs is 1. The number of amides is 2. The molecule has 0 saturated carbocycles. The lowest BCUT2D eigenvalue weighted by Crippen LogP contribution is -2.41. The topological polar surface area (TPSA) is 61.4 Å². The molecule has 0 aromatic heterocycles. The van der Waals surface area contributed by atoms with Crippen LogP contribution in [-0.2, 0) is 29.0 Å². The van der Waals surface area contributed by atoms with Gasteiger partial charge in [-0.1, -0.05) is 66.7 Å². The molecule has 1 unspecified atom stereocenters. The van der Waals surface area contributed by atoms with Crippen molar-refractivity contribution in [2.75, 3.05) is 18.0 Å². The highest BCUT2D eigenvalue weighted by Crippen LogP contribution is 2.24. The summed E-state index contributed by atoms with van der Waals surface area (Å²) in [6.07, 6.45) is 2.71. The molecule has 1 atom stereocenters. The Bertz CT molecular complexity index is 1080. The van der Waals surface area contributed by atoms with Crippen LogP contribution in [0.1, 0.15) is 41.6 Å². The summed E-state index contributed by atoms with van der Waals surface area (Å²) >= 11 is 0. The lowest BCUT2D eigenvalue weighted by Gasteiger charge is -2.30. The molecule has 5 nitrogen and oxygen atoms in total. The Balaban J connectivity index is 1.19. The predicted molar refractivity (Wildman–Crippen MR) is 132 cm³/mol. The lowest BCUT2D eigenvalue weighted by atomic mass is 9.99. The molecular formula is C28H31N3O2. The Morgan fingerprint density at radius 3 is 2.33 bits per heavy atom. The zero-order chi connectivity index (χ0) is 23.0. The molecule has 5 heteroatoms. The molecule has 3 aromatic rings. The molecule has 2 N–H and O–H groups in total. The Kier molecular flexibility index (Phi) is 7.40. The van der Waals surface area contributed by atoms with Crippen LogP contribution >= 0.6 is 0 Å². The second kappa shape index (κ2) is 10.8. The van der Waals surface area contributed by atoms with Crippen molar-refractivity contribution in [2.24, 2.45) is 0 Å². The van der Waals surface area contributed by atoms with E-state index < -0.39 is 11.8 Å². The van der Waals surface area contributed by atoms with Crippen molar-refractivity contribution in [1.29, 1.82) is 0 Å². The van der Waals surface area contributed by atoms with Gasteiger partial charge in [-0.15, -0.1) is 0 Å². The van der Waals surface area contributed by atoms with Crippen LogP contribution in [0.3, 0.4) is 0 Å². The van der Waals surface area contributed by atoms with Gasteiger partial charge in [-0.2, -0.15) is 0 Å². The first-order valence-corrected chi connectivity index (χ1v) is 11.6. The minimum atomic E-state index is -0.598. The smallest absolute Gasteiger partial charge is 0.309 e. The third-order valence-corrected chi connectivity index (χ3v) is 6.21. The average molecular weight is 442 g/mol. The zero-order valence-electron chi connectivity index (χ0n) is 19.1. The standard InChI is InChI=1S/C28H31N3O2/c1-21(23-9-3-2-4-10-23)30-28(33)27(32)29-18-7-8-22-13-15-26(16-14-22)31-19-17-24-11-5-6-12-25(24)20-31/h2-6,9-16,21H,7-8,17-20H2,1H3,(H,29,32)(H,30,33). The van der Waals surface area contributed by atoms with Crippen LogP contribution in [0, 0.1) is 0 Å². The number of aryl methyl sites for hydroxylation is 1. The minimum Gasteiger partial charge on any atom is -0.367 e. The molecule has 0 saturated heterocycles. The van der Waals surface area contributed by atoms with Crippen LogP contribution in [0.15, 0.2) is 78.9 Å². The number of benzene rings is 3. The van der Waals surface area contributed by atoms with Gasteiger partial charge in [0, 0.05) is 25.3 Å². The number of anilines is 1. The van der Waals surface area contributed by atoms with E-state index in [-0.39, 0.29) is 6.04 Å². The van der Waals surface area contributed by atoms with E-state index in [1.165, 1.54) is 22.4 Å². The molecule has 1 aliphatic heterocycles. The summed E-state index contributed by atoms with van der Waals surface area (Å²) in [6.45, 7) is 4.32. The number of nitrogens with one attached hydrogen (secondary N) is 2. The van der Waals surface area contributed by atoms with Crippen molar-refractivity contribution in [1.82, 2.24) is 10.6 Å². The Morgan fingerprint density at radius 1 is 0.879 bits per heavy atom. The van der Waals surface area contributed by atoms with Gasteiger partial charge in [-0.3, -0.25) is 9.59 Å². The number of hydrogen-bond donors (Lipinski definition) is 2. The third kappa shape index (κ3) is 6.01. The van der Waals surface area contributed by atoms with E-state index in [0.717, 1.165) is 37.9 Å². The quantitative estimate of drug-likeness (QED) is 0.427. The first-order valence-electron chi connectivity index (χ1n) is 11.6. The van der Waals surface area contributed by atoms with Crippen LogP contribution in [0.5, 0.6) is 0 Å². The van der Waals surface area contributed by atoms with Crippen molar-refractivity contribution in [3.05, 3.63) is 101 Å². The lowest BCUT2D eigenvalue weighted by molar-refractivity contribution is -0.139. The van der Waals surface area contributed by atoms with Crippen LogP contribution in [-0.4, -0.2) is 24.9 Å². The fourth-order valence-corrected chi connectivity index (χ4v) is 4.25. The Hall–Kier alpha value is -3.60. The zero-order valence-corrected chi connectivity index (χ0v) is 19.1. The largest absolute Gasteiger partial charge is 0.367 e. The maximum atomic E-state index is 12.1. The second-order valence-electron chi connectivity index (χ2n) is 8.57. The van der Waals surface area contributed by atoms with Gasteiger partial charge in [-0.25, -0.2) is 0 Å². The second-order valence-corrected chi connectivity index (χ2v) is 8.57. The summed E-state index contributed by atoms with van der Waals surface area (Å²) in [4.78, 5) is 26.6. The van der Waals surface area contributed by atoms with E-state index in [1.807, 2.05) is 37.3 Å². The number of nitrogens with zero attached hydrogens (tertiary/aromatic N) is 1. The summed E-state index contributed by atoms with van der Waals surface area (Å²) in [7, 11) is 0. The highest BCUT2D eigenvalue weighted by atomic mass is 16.2. The minimum absolute atomic E-state index is 0.212. The number of carbonyl (C=O) groups is 2. The molecule has 33 heavy (non-hydrogen) atoms. The van der Waals surface area contributed by atoms with E-state index in [2.05, 4.69) is 64.1 Å². The van der Waals surface area contributed by atoms with Crippen molar-refractivity contribution >= 4 is 17.5 Å². The molecule has 0 aliphatic carbocycles. The molecule has 0 radical (unpaired) electrons. The van der Waals surface area contributed by atoms with E-state index in [0.29, 0.717) is 6.54 Å². The molecule has 1 heterocycles. The molecule has 0 bridgehead atoms. The highest BCUT2D eigenvalue weighted by molar-refractivity contribution is 6.35. The molecule has 4 rings (SSSR count). The van der Waals surface area contributed by atoms with Gasteiger partial charge in [-0.05, 0) is 60.6 Å². The van der Waals surface area contributed by atoms with Gasteiger partial charge >= 0.3 is 11.8 Å². The monoisotopic (exact) mass is 441 g/mol. The molecule has 0 spiro atoms. The van der Waals surface area contributed by atoms with Gasteiger partial charge in [0.05, 0.1) is 6.04 Å². The van der Waals surface area contributed by atoms with Gasteiger partial charge < -0.3 is 15.5 Å². The fourth-order valence-electron chi connectivity index (χ4n) is 4.25. The van der Waals surface area contributed by atoms with Crippen LogP contribution in [0.4, 0.5) is 5.69 Å². The van der Waals surface area contributed by atoms with E-state index in [1.54, 1.807) is 0 Å². The summed E-state index contributed by atoms with van der Waals surface area (Å²) < 4.78 is 0. The van der Waals surface area contributed by atoms with Crippen LogP contribution in [0.25, 0.3) is 0 Å². The normalized spacial score (nSPS) is 13.7. The fraction of sp³-hybridized carbons (Fsp3) is 0.286. The first kappa shape index (κ1) is 22.6. The number of rotatable bonds is 7. The molecule has 1 aliphatic rings. The highest BCUT2D eigenvalue weighted by Gasteiger charge is 2.17. The molecule has 3 aromatic carbocycles. The average Bonchev–Trinajstić information content (AvgIpc) is 2.87. The van der Waals surface area contributed by atoms with Gasteiger partial charge in [0.1, 0.15) is 0 Å². The van der Waals surface area contributed by atoms with Crippen molar-refractivity contribution in [3.63, 3.8) is 0 Å². The van der Waals surface area contributed by atoms with Crippen molar-refractivity contribution in [2.45, 2.75) is 38.8 Å². The van der Waals surface area contributed by atoms with Crippen molar-refractivity contribution < 1.29 is 9.59 Å². The van der Waals surface area contributed by atoms with Gasteiger partial charge in [0.2, 0.25) is 0 Å². The molecular weight excluding hydrogens is 410 g/mol. The molecule has 0 fully saturated rings. The first-order chi connectivity index (χ1) is 16.1. The number of hydrogen-bond acceptors (Lipinski definition) is 3. The number of carbonyl (C=O) groups excluding carboxylic acids is 2. The summed E-state index contributed by atoms with van der Waals surface area (Å²) in [5, 5.41) is 5.47. The molecule has 2 amide bonds. The van der Waals surface area contributed by atoms with Crippen molar-refractivity contribution in [3.8, 4) is 0 Å². The predicted octanol–water partition coefficient (Wildman–Crippen LogP) is 4.18. The van der Waals surface area contributed by atoms with E-state index >= 15 is 0 Å². The van der Waals surface area contributed by atoms with Gasteiger partial charge in [0.25, 0.3) is 0 Å². The van der Waals surface area contributed by atoms with E-state index in [4.69, 9.17) is 0 Å². The Morgan fingerprint density at radius 2 is 1.58 bits per heavy atom. The maximum absolute atomic E-state index is 12.1. The summed E-state index contributed by atoms with van der Waals surface area (Å²) in [6, 6.07) is 26.7. The van der Waals surface area contributed by atoms with Crippen LogP contribution < -0.4 is 15.5 Å². The Labute approximate surface area is 195 Å². The summed E-state index contributed by atoms with van der Waals surface area (Å²) in [5.41, 5.74) is 6.30. The SMILES string of the molecule is CC(NC(=O)C(=O)NCCCc1ccc(N2CCc3ccccc3C2)cc1)c1ccccc1. The van der Waals surface area contributed by atoms with E-state index in [9.17, 15) is 9.59 Å². The third-order valence-electron chi connectivity index (χ3n) is 6.21. The maximum Gasteiger partial charge on any atom is 0.309 e. The van der Waals surface area contributed by atoms with Gasteiger partial charge in [0.15, 0.2) is 0 Å².